The van der Waals surface area contributed by atoms with Gasteiger partial charge in [-0.15, -0.1) is 0 Å². The fourth-order valence-corrected chi connectivity index (χ4v) is 1.38. The lowest BCUT2D eigenvalue weighted by molar-refractivity contribution is 0.292. The lowest BCUT2D eigenvalue weighted by atomic mass is 10.00. The van der Waals surface area contributed by atoms with Gasteiger partial charge in [0.25, 0.3) is 0 Å². The number of hydrogen-bond acceptors (Lipinski definition) is 2. The maximum absolute atomic E-state index is 5.23. The van der Waals surface area contributed by atoms with Crippen LogP contribution in [0.15, 0.2) is 23.0 Å². The number of ether oxygens (including phenoxy) is 1. The minimum absolute atomic E-state index is 1.06. The van der Waals surface area contributed by atoms with Gasteiger partial charge in [-0.05, 0) is 37.8 Å². The second-order valence-electron chi connectivity index (χ2n) is 2.83. The van der Waals surface area contributed by atoms with Gasteiger partial charge in [-0.2, -0.15) is 0 Å². The monoisotopic (exact) mass is 218 g/mol. The highest BCUT2D eigenvalue weighted by atomic mass is 35.5. The second kappa shape index (κ2) is 7.10. The van der Waals surface area contributed by atoms with E-state index >= 15 is 0 Å². The minimum atomic E-state index is 1.06. The normalized spacial score (nSPS) is 15.5. The largest absolute Gasteiger partial charge is 0.497 e. The molecule has 0 bridgehead atoms. The molecule has 0 aromatic heterocycles. The van der Waals surface area contributed by atoms with Gasteiger partial charge in [-0.1, -0.05) is 29.9 Å². The number of thiocarbonyl (C=S) groups is 1. The maximum atomic E-state index is 5.23. The fourth-order valence-electron chi connectivity index (χ4n) is 1.38. The zero-order valence-corrected chi connectivity index (χ0v) is 9.84. The van der Waals surface area contributed by atoms with Crippen molar-refractivity contribution in [3.8, 4) is 0 Å². The SMILES string of the molecule is COC1=C(C)CCC=C1C.S=CCl. The van der Waals surface area contributed by atoms with Crippen molar-refractivity contribution < 1.29 is 4.74 Å². The van der Waals surface area contributed by atoms with Crippen molar-refractivity contribution in [1.82, 2.24) is 0 Å². The highest BCUT2D eigenvalue weighted by Gasteiger charge is 2.08. The highest BCUT2D eigenvalue weighted by Crippen LogP contribution is 2.24. The molecular formula is C10H15ClOS. The van der Waals surface area contributed by atoms with Crippen molar-refractivity contribution in [3.63, 3.8) is 0 Å². The Morgan fingerprint density at radius 1 is 1.54 bits per heavy atom. The third-order valence-corrected chi connectivity index (χ3v) is 1.92. The average molecular weight is 219 g/mol. The molecule has 0 aromatic rings. The molecule has 13 heavy (non-hydrogen) atoms. The molecule has 0 atom stereocenters. The summed E-state index contributed by atoms with van der Waals surface area (Å²) >= 11 is 8.72. The molecular weight excluding hydrogens is 204 g/mol. The van der Waals surface area contributed by atoms with Gasteiger partial charge in [0.1, 0.15) is 5.76 Å². The number of hydrogen-bond donors (Lipinski definition) is 0. The summed E-state index contributed by atoms with van der Waals surface area (Å²) in [5, 5.41) is 0. The van der Waals surface area contributed by atoms with Crippen LogP contribution in [0.1, 0.15) is 26.7 Å². The minimum Gasteiger partial charge on any atom is -0.497 e. The van der Waals surface area contributed by atoms with Crippen LogP contribution < -0.4 is 0 Å². The third kappa shape index (κ3) is 4.44. The van der Waals surface area contributed by atoms with Gasteiger partial charge in [0, 0.05) is 0 Å². The first-order chi connectivity index (χ1) is 6.17. The molecule has 0 spiro atoms. The van der Waals surface area contributed by atoms with Crippen LogP contribution in [0.3, 0.4) is 0 Å². The zero-order valence-electron chi connectivity index (χ0n) is 8.26. The third-order valence-electron chi connectivity index (χ3n) is 1.92. The Kier molecular flexibility index (Phi) is 6.92. The van der Waals surface area contributed by atoms with Gasteiger partial charge in [-0.3, -0.25) is 0 Å². The predicted molar refractivity (Wildman–Crippen MR) is 62.2 cm³/mol. The molecule has 0 amide bonds. The standard InChI is InChI=1S/C9H14O.CHClS/c1-7-5-4-6-8(2)9(7)10-3;2-1-3/h5H,4,6H2,1-3H3;1H. The summed E-state index contributed by atoms with van der Waals surface area (Å²) in [5.41, 5.74) is 2.66. The second-order valence-corrected chi connectivity index (χ2v) is 3.54. The zero-order chi connectivity index (χ0) is 10.3. The Labute approximate surface area is 90.4 Å². The van der Waals surface area contributed by atoms with Crippen LogP contribution >= 0.6 is 23.8 Å². The summed E-state index contributed by atoms with van der Waals surface area (Å²) in [6.07, 6.45) is 4.55. The van der Waals surface area contributed by atoms with E-state index in [0.29, 0.717) is 0 Å². The molecule has 0 heterocycles. The van der Waals surface area contributed by atoms with E-state index in [1.165, 1.54) is 17.6 Å². The van der Waals surface area contributed by atoms with E-state index in [9.17, 15) is 0 Å². The van der Waals surface area contributed by atoms with Crippen LogP contribution in [0.2, 0.25) is 0 Å². The molecule has 0 N–H and O–H groups in total. The summed E-state index contributed by atoms with van der Waals surface area (Å²) in [6, 6.07) is 0. The van der Waals surface area contributed by atoms with E-state index in [2.05, 4.69) is 43.7 Å². The van der Waals surface area contributed by atoms with E-state index in [-0.39, 0.29) is 0 Å². The molecule has 0 aromatic carbocycles. The summed E-state index contributed by atoms with van der Waals surface area (Å²) < 4.78 is 5.23. The first-order valence-corrected chi connectivity index (χ1v) is 5.02. The van der Waals surface area contributed by atoms with Gasteiger partial charge in [0.15, 0.2) is 0 Å². The van der Waals surface area contributed by atoms with Crippen LogP contribution in [-0.2, 0) is 4.74 Å². The van der Waals surface area contributed by atoms with Crippen molar-refractivity contribution in [2.45, 2.75) is 26.7 Å². The molecule has 1 nitrogen and oxygen atoms in total. The smallest absolute Gasteiger partial charge is 0.120 e. The van der Waals surface area contributed by atoms with Crippen molar-refractivity contribution in [1.29, 1.82) is 0 Å². The Morgan fingerprint density at radius 2 is 2.08 bits per heavy atom. The molecule has 0 aliphatic heterocycles. The average Bonchev–Trinajstić information content (AvgIpc) is 2.06. The number of halogens is 1. The summed E-state index contributed by atoms with van der Waals surface area (Å²) in [4.78, 5) is 1.06. The first kappa shape index (κ1) is 12.7. The number of rotatable bonds is 1. The van der Waals surface area contributed by atoms with Gasteiger partial charge in [0.05, 0.1) is 11.9 Å². The van der Waals surface area contributed by atoms with Crippen LogP contribution in [0.5, 0.6) is 0 Å². The van der Waals surface area contributed by atoms with Crippen molar-refractivity contribution >= 4 is 28.6 Å². The van der Waals surface area contributed by atoms with Gasteiger partial charge in [-0.25, -0.2) is 0 Å². The van der Waals surface area contributed by atoms with Crippen molar-refractivity contribution in [2.24, 2.45) is 0 Å². The Hall–Kier alpha value is -0.340. The summed E-state index contributed by atoms with van der Waals surface area (Å²) in [5.74, 6) is 1.09. The molecule has 0 saturated carbocycles. The Balaban J connectivity index is 0.000000424. The van der Waals surface area contributed by atoms with Gasteiger partial charge >= 0.3 is 0 Å². The Morgan fingerprint density at radius 3 is 2.38 bits per heavy atom. The van der Waals surface area contributed by atoms with Crippen LogP contribution in [0.4, 0.5) is 0 Å². The van der Waals surface area contributed by atoms with Gasteiger partial charge in [0.2, 0.25) is 0 Å². The molecule has 1 aliphatic carbocycles. The molecule has 0 fully saturated rings. The molecule has 3 heteroatoms. The van der Waals surface area contributed by atoms with Crippen LogP contribution in [-0.4, -0.2) is 11.9 Å². The molecule has 0 radical (unpaired) electrons. The predicted octanol–water partition coefficient (Wildman–Crippen LogP) is 3.83. The maximum Gasteiger partial charge on any atom is 0.120 e. The van der Waals surface area contributed by atoms with Crippen LogP contribution in [0, 0.1) is 0 Å². The van der Waals surface area contributed by atoms with Crippen LogP contribution in [0.25, 0.3) is 0 Å². The number of allylic oxidation sites excluding steroid dienone is 3. The van der Waals surface area contributed by atoms with Crippen molar-refractivity contribution in [3.05, 3.63) is 23.0 Å². The van der Waals surface area contributed by atoms with E-state index in [1.54, 1.807) is 7.11 Å². The fraction of sp³-hybridized carbons (Fsp3) is 0.500. The van der Waals surface area contributed by atoms with E-state index < -0.39 is 0 Å². The lowest BCUT2D eigenvalue weighted by Gasteiger charge is -2.15. The lowest BCUT2D eigenvalue weighted by Crippen LogP contribution is -1.98. The molecule has 74 valence electrons. The van der Waals surface area contributed by atoms with E-state index in [1.807, 2.05) is 0 Å². The van der Waals surface area contributed by atoms with E-state index in [4.69, 9.17) is 4.74 Å². The van der Waals surface area contributed by atoms with Crippen molar-refractivity contribution in [2.75, 3.05) is 7.11 Å². The summed E-state index contributed by atoms with van der Waals surface area (Å²) in [7, 11) is 1.74. The molecule has 0 saturated heterocycles. The molecule has 0 unspecified atom stereocenters. The number of methoxy groups -OCH3 is 1. The summed E-state index contributed by atoms with van der Waals surface area (Å²) in [6.45, 7) is 4.23. The van der Waals surface area contributed by atoms with Gasteiger partial charge < -0.3 is 4.74 Å². The molecule has 1 rings (SSSR count). The van der Waals surface area contributed by atoms with E-state index in [0.717, 1.165) is 17.0 Å². The highest BCUT2D eigenvalue weighted by molar-refractivity contribution is 7.81. The Bertz CT molecular complexity index is 231. The topological polar surface area (TPSA) is 9.23 Å². The molecule has 1 aliphatic rings. The quantitative estimate of drug-likeness (QED) is 0.489. The first-order valence-electron chi connectivity index (χ1n) is 4.12.